The number of hydrogen-bond acceptors (Lipinski definition) is 5. The number of anilines is 1. The van der Waals surface area contributed by atoms with E-state index in [9.17, 15) is 14.4 Å². The maximum Gasteiger partial charge on any atom is 0.305 e. The molecule has 2 atom stereocenters. The summed E-state index contributed by atoms with van der Waals surface area (Å²) in [5.41, 5.74) is 5.30. The van der Waals surface area contributed by atoms with Crippen LogP contribution >= 0.6 is 27.7 Å². The van der Waals surface area contributed by atoms with Crippen molar-refractivity contribution >= 4 is 61.4 Å². The van der Waals surface area contributed by atoms with Crippen molar-refractivity contribution in [3.63, 3.8) is 0 Å². The summed E-state index contributed by atoms with van der Waals surface area (Å²) < 4.78 is 5.86. The highest BCUT2D eigenvalue weighted by molar-refractivity contribution is 9.10. The summed E-state index contributed by atoms with van der Waals surface area (Å²) in [6.45, 7) is 3.55. The zero-order chi connectivity index (χ0) is 25.1. The average Bonchev–Trinajstić information content (AvgIpc) is 3.37. The quantitative estimate of drug-likeness (QED) is 0.337. The Bertz CT molecular complexity index is 1290. The fourth-order valence-electron chi connectivity index (χ4n) is 4.89. The van der Waals surface area contributed by atoms with Gasteiger partial charge in [-0.25, -0.2) is 0 Å². The van der Waals surface area contributed by atoms with Crippen LogP contribution in [-0.4, -0.2) is 34.8 Å². The molecule has 8 heteroatoms. The number of ether oxygens (including phenoxy) is 1. The summed E-state index contributed by atoms with van der Waals surface area (Å²) in [5, 5.41) is 4.10. The molecule has 0 aliphatic heterocycles. The van der Waals surface area contributed by atoms with Gasteiger partial charge in [0.1, 0.15) is 5.82 Å². The standard InChI is InChI=1S/C27H29BrN2O4S/c1-15-4-10-24-22(12-15)21(9-11-25(32)34-3)26(29-24)30-27(33)23(14-35-16(2)31)20-7-5-17-13-18(28)6-8-19(17)20/h4,6,8,10,12-13,20,23,29H,5,7,9,11,14H2,1-3H3,(H,30,33). The average molecular weight is 558 g/mol. The Morgan fingerprint density at radius 1 is 1.23 bits per heavy atom. The lowest BCUT2D eigenvalue weighted by Gasteiger charge is -2.23. The number of aromatic nitrogens is 1. The van der Waals surface area contributed by atoms with E-state index in [4.69, 9.17) is 4.74 Å². The molecule has 35 heavy (non-hydrogen) atoms. The van der Waals surface area contributed by atoms with Gasteiger partial charge in [0.15, 0.2) is 5.12 Å². The van der Waals surface area contributed by atoms with Gasteiger partial charge in [-0.15, -0.1) is 0 Å². The fourth-order valence-corrected chi connectivity index (χ4v) is 6.10. The molecule has 1 aromatic heterocycles. The molecule has 0 fully saturated rings. The molecule has 4 rings (SSSR count). The summed E-state index contributed by atoms with van der Waals surface area (Å²) >= 11 is 4.73. The Kier molecular flexibility index (Phi) is 8.02. The molecule has 1 aliphatic rings. The lowest BCUT2D eigenvalue weighted by Crippen LogP contribution is -2.30. The highest BCUT2D eigenvalue weighted by Gasteiger charge is 2.35. The number of esters is 1. The van der Waals surface area contributed by atoms with Gasteiger partial charge >= 0.3 is 5.97 Å². The second kappa shape index (κ2) is 11.0. The van der Waals surface area contributed by atoms with Crippen molar-refractivity contribution in [2.45, 2.75) is 45.4 Å². The van der Waals surface area contributed by atoms with Crippen molar-refractivity contribution in [3.05, 3.63) is 63.1 Å². The maximum atomic E-state index is 13.7. The normalized spacial score (nSPS) is 15.6. The van der Waals surface area contributed by atoms with E-state index < -0.39 is 0 Å². The molecule has 1 aliphatic carbocycles. The van der Waals surface area contributed by atoms with Crippen molar-refractivity contribution in [1.82, 2.24) is 4.98 Å². The zero-order valence-electron chi connectivity index (χ0n) is 20.1. The van der Waals surface area contributed by atoms with E-state index in [-0.39, 0.29) is 35.2 Å². The van der Waals surface area contributed by atoms with Crippen LogP contribution in [0.4, 0.5) is 5.82 Å². The number of rotatable bonds is 8. The van der Waals surface area contributed by atoms with Gasteiger partial charge in [-0.05, 0) is 67.5 Å². The predicted octanol–water partition coefficient (Wildman–Crippen LogP) is 5.91. The van der Waals surface area contributed by atoms with Crippen LogP contribution in [0.2, 0.25) is 0 Å². The minimum Gasteiger partial charge on any atom is -0.469 e. The van der Waals surface area contributed by atoms with Crippen LogP contribution in [0.25, 0.3) is 10.9 Å². The molecule has 2 unspecified atom stereocenters. The smallest absolute Gasteiger partial charge is 0.305 e. The summed E-state index contributed by atoms with van der Waals surface area (Å²) in [5.74, 6) is 0.267. The number of aryl methyl sites for hydroxylation is 3. The number of carbonyl (C=O) groups excluding carboxylic acids is 3. The number of methoxy groups -OCH3 is 1. The largest absolute Gasteiger partial charge is 0.469 e. The molecule has 1 heterocycles. The Morgan fingerprint density at radius 2 is 2.03 bits per heavy atom. The highest BCUT2D eigenvalue weighted by atomic mass is 79.9. The molecule has 2 N–H and O–H groups in total. The molecule has 3 aromatic rings. The highest BCUT2D eigenvalue weighted by Crippen LogP contribution is 2.41. The summed E-state index contributed by atoms with van der Waals surface area (Å²) in [4.78, 5) is 40.7. The van der Waals surface area contributed by atoms with Gasteiger partial charge in [0.25, 0.3) is 0 Å². The van der Waals surface area contributed by atoms with Gasteiger partial charge in [0, 0.05) is 40.0 Å². The second-order valence-corrected chi connectivity index (χ2v) is 11.1. The van der Waals surface area contributed by atoms with Crippen molar-refractivity contribution in [1.29, 1.82) is 0 Å². The van der Waals surface area contributed by atoms with E-state index in [0.29, 0.717) is 18.0 Å². The number of carbonyl (C=O) groups is 3. The van der Waals surface area contributed by atoms with Gasteiger partial charge in [-0.1, -0.05) is 45.4 Å². The van der Waals surface area contributed by atoms with Crippen molar-refractivity contribution < 1.29 is 19.1 Å². The van der Waals surface area contributed by atoms with Crippen LogP contribution in [-0.2, 0) is 32.0 Å². The number of H-pyrrole nitrogens is 1. The van der Waals surface area contributed by atoms with Gasteiger partial charge in [0.2, 0.25) is 5.91 Å². The van der Waals surface area contributed by atoms with Crippen LogP contribution in [0.1, 0.15) is 47.9 Å². The molecule has 0 saturated carbocycles. The molecule has 2 aromatic carbocycles. The number of thioether (sulfide) groups is 1. The Morgan fingerprint density at radius 3 is 2.77 bits per heavy atom. The number of nitrogens with one attached hydrogen (secondary N) is 2. The Balaban J connectivity index is 1.65. The van der Waals surface area contributed by atoms with Gasteiger partial charge in [-0.3, -0.25) is 14.4 Å². The molecule has 184 valence electrons. The SMILES string of the molecule is COC(=O)CCc1c(NC(=O)C(CSC(C)=O)C2CCc3cc(Br)ccc32)[nH]c2ccc(C)cc12. The number of fused-ring (bicyclic) bond motifs is 2. The van der Waals surface area contributed by atoms with E-state index in [0.717, 1.165) is 39.3 Å². The van der Waals surface area contributed by atoms with Crippen LogP contribution in [0, 0.1) is 12.8 Å². The number of hydrogen-bond donors (Lipinski definition) is 2. The van der Waals surface area contributed by atoms with Gasteiger partial charge in [-0.2, -0.15) is 0 Å². The van der Waals surface area contributed by atoms with E-state index in [2.05, 4.69) is 44.4 Å². The number of halogens is 1. The molecule has 1 amide bonds. The van der Waals surface area contributed by atoms with Crippen molar-refractivity contribution in [2.24, 2.45) is 5.92 Å². The molecular weight excluding hydrogens is 528 g/mol. The predicted molar refractivity (Wildman–Crippen MR) is 144 cm³/mol. The van der Waals surface area contributed by atoms with Gasteiger partial charge < -0.3 is 15.0 Å². The Hall–Kier alpha value is -2.58. The first kappa shape index (κ1) is 25.5. The zero-order valence-corrected chi connectivity index (χ0v) is 22.5. The third kappa shape index (κ3) is 5.81. The van der Waals surface area contributed by atoms with Crippen LogP contribution in [0.5, 0.6) is 0 Å². The van der Waals surface area contributed by atoms with Gasteiger partial charge in [0.05, 0.1) is 13.0 Å². The summed E-state index contributed by atoms with van der Waals surface area (Å²) in [6.07, 6.45) is 2.43. The second-order valence-electron chi connectivity index (χ2n) is 8.99. The fraction of sp³-hybridized carbons (Fsp3) is 0.370. The molecule has 6 nitrogen and oxygen atoms in total. The summed E-state index contributed by atoms with van der Waals surface area (Å²) in [6, 6.07) is 12.3. The van der Waals surface area contributed by atoms with E-state index in [1.54, 1.807) is 0 Å². The number of aromatic amines is 1. The topological polar surface area (TPSA) is 88.3 Å². The van der Waals surface area contributed by atoms with Crippen LogP contribution < -0.4 is 5.32 Å². The van der Waals surface area contributed by atoms with E-state index in [1.165, 1.54) is 36.9 Å². The molecular formula is C27H29BrN2O4S. The lowest BCUT2D eigenvalue weighted by atomic mass is 9.87. The first-order chi connectivity index (χ1) is 16.8. The molecule has 0 bridgehead atoms. The summed E-state index contributed by atoms with van der Waals surface area (Å²) in [7, 11) is 1.37. The van der Waals surface area contributed by atoms with Crippen LogP contribution in [0.15, 0.2) is 40.9 Å². The van der Waals surface area contributed by atoms with Crippen molar-refractivity contribution in [3.8, 4) is 0 Å². The molecule has 0 radical (unpaired) electrons. The van der Waals surface area contributed by atoms with E-state index >= 15 is 0 Å². The minimum absolute atomic E-state index is 0.00307. The first-order valence-corrected chi connectivity index (χ1v) is 13.4. The van der Waals surface area contributed by atoms with Crippen LogP contribution in [0.3, 0.4) is 0 Å². The first-order valence-electron chi connectivity index (χ1n) is 11.7. The minimum atomic E-state index is -0.368. The third-order valence-electron chi connectivity index (χ3n) is 6.63. The number of amides is 1. The van der Waals surface area contributed by atoms with Crippen molar-refractivity contribution in [2.75, 3.05) is 18.2 Å². The monoisotopic (exact) mass is 556 g/mol. The third-order valence-corrected chi connectivity index (χ3v) is 8.06. The lowest BCUT2D eigenvalue weighted by molar-refractivity contribution is -0.140. The number of benzene rings is 2. The maximum absolute atomic E-state index is 13.7. The van der Waals surface area contributed by atoms with E-state index in [1.807, 2.05) is 25.1 Å². The Labute approximate surface area is 217 Å². The molecule has 0 spiro atoms. The molecule has 0 saturated heterocycles.